The van der Waals surface area contributed by atoms with Crippen molar-refractivity contribution in [2.75, 3.05) is 31.6 Å². The lowest BCUT2D eigenvalue weighted by Gasteiger charge is -2.33. The Labute approximate surface area is 166 Å². The van der Waals surface area contributed by atoms with E-state index in [1.54, 1.807) is 36.2 Å². The molecule has 1 amide bonds. The van der Waals surface area contributed by atoms with E-state index in [4.69, 9.17) is 4.74 Å². The first-order chi connectivity index (χ1) is 13.4. The maximum absolute atomic E-state index is 13.0. The maximum atomic E-state index is 13.0. The Morgan fingerprint density at radius 2 is 1.82 bits per heavy atom. The van der Waals surface area contributed by atoms with Gasteiger partial charge in [-0.1, -0.05) is 18.2 Å². The Balaban J connectivity index is 1.74. The zero-order valence-electron chi connectivity index (χ0n) is 16.2. The smallest absolute Gasteiger partial charge is 0.243 e. The molecule has 150 valence electrons. The van der Waals surface area contributed by atoms with Gasteiger partial charge in [0.15, 0.2) is 0 Å². The number of carbonyl (C=O) groups excluding carboxylic acids is 1. The van der Waals surface area contributed by atoms with Gasteiger partial charge in [0.2, 0.25) is 15.9 Å². The normalized spacial score (nSPS) is 17.9. The number of ether oxygens (including phenoxy) is 1. The summed E-state index contributed by atoms with van der Waals surface area (Å²) in [6.45, 7) is 3.03. The van der Waals surface area contributed by atoms with Crippen LogP contribution in [0.1, 0.15) is 19.8 Å². The molecule has 3 rings (SSSR count). The molecular weight excluding hydrogens is 376 g/mol. The summed E-state index contributed by atoms with van der Waals surface area (Å²) in [6.07, 6.45) is 1.35. The molecule has 1 atom stereocenters. The number of piperidine rings is 1. The van der Waals surface area contributed by atoms with Crippen LogP contribution in [0.2, 0.25) is 0 Å². The molecule has 28 heavy (non-hydrogen) atoms. The van der Waals surface area contributed by atoms with Gasteiger partial charge in [0.25, 0.3) is 0 Å². The van der Waals surface area contributed by atoms with Crippen molar-refractivity contribution in [3.05, 3.63) is 54.6 Å². The van der Waals surface area contributed by atoms with Crippen LogP contribution in [0.4, 0.5) is 5.69 Å². The Morgan fingerprint density at radius 3 is 2.46 bits per heavy atom. The third-order valence-electron chi connectivity index (χ3n) is 4.98. The van der Waals surface area contributed by atoms with Crippen LogP contribution >= 0.6 is 0 Å². The Morgan fingerprint density at radius 1 is 1.14 bits per heavy atom. The number of carbonyl (C=O) groups is 1. The van der Waals surface area contributed by atoms with Crippen LogP contribution in [-0.2, 0) is 14.8 Å². The van der Waals surface area contributed by atoms with Crippen LogP contribution in [0.3, 0.4) is 0 Å². The highest BCUT2D eigenvalue weighted by molar-refractivity contribution is 7.89. The zero-order chi connectivity index (χ0) is 20.1. The first-order valence-electron chi connectivity index (χ1n) is 9.49. The molecule has 6 nitrogen and oxygen atoms in total. The average molecular weight is 403 g/mol. The van der Waals surface area contributed by atoms with Crippen LogP contribution in [0, 0.1) is 5.92 Å². The molecule has 0 unspecified atom stereocenters. The van der Waals surface area contributed by atoms with Gasteiger partial charge in [-0.25, -0.2) is 8.42 Å². The van der Waals surface area contributed by atoms with Crippen LogP contribution < -0.4 is 9.64 Å². The highest BCUT2D eigenvalue weighted by atomic mass is 32.2. The minimum absolute atomic E-state index is 0.0576. The standard InChI is InChI=1S/C21H26N2O4S/c1-3-27-19-11-13-20(14-12-19)28(25,26)23-15-7-8-17(16-23)21(24)22(2)18-9-5-4-6-10-18/h4-6,9-14,17H,3,7-8,15-16H2,1-2H3/t17-/m1/s1. The third-order valence-corrected chi connectivity index (χ3v) is 6.86. The van der Waals surface area contributed by atoms with Gasteiger partial charge in [-0.05, 0) is 56.2 Å². The summed E-state index contributed by atoms with van der Waals surface area (Å²) < 4.78 is 32.9. The van der Waals surface area contributed by atoms with Crippen molar-refractivity contribution in [1.82, 2.24) is 4.31 Å². The van der Waals surface area contributed by atoms with Gasteiger partial charge in [-0.2, -0.15) is 4.31 Å². The highest BCUT2D eigenvalue weighted by Gasteiger charge is 2.34. The fraction of sp³-hybridized carbons (Fsp3) is 0.381. The monoisotopic (exact) mass is 402 g/mol. The molecule has 0 N–H and O–H groups in total. The molecule has 2 aromatic rings. The summed E-state index contributed by atoms with van der Waals surface area (Å²) in [7, 11) is -1.91. The molecule has 0 saturated carbocycles. The molecule has 0 radical (unpaired) electrons. The average Bonchev–Trinajstić information content (AvgIpc) is 2.74. The molecule has 0 aromatic heterocycles. The van der Waals surface area contributed by atoms with Crippen molar-refractivity contribution in [3.8, 4) is 5.75 Å². The first-order valence-corrected chi connectivity index (χ1v) is 10.9. The molecule has 0 aliphatic carbocycles. The van der Waals surface area contributed by atoms with Gasteiger partial charge < -0.3 is 9.64 Å². The van der Waals surface area contributed by atoms with E-state index < -0.39 is 10.0 Å². The van der Waals surface area contributed by atoms with Crippen LogP contribution in [-0.4, -0.2) is 45.4 Å². The van der Waals surface area contributed by atoms with E-state index in [1.807, 2.05) is 37.3 Å². The second-order valence-corrected chi connectivity index (χ2v) is 8.78. The Hall–Kier alpha value is -2.38. The lowest BCUT2D eigenvalue weighted by atomic mass is 9.98. The number of anilines is 1. The van der Waals surface area contributed by atoms with Gasteiger partial charge in [0.1, 0.15) is 5.75 Å². The van der Waals surface area contributed by atoms with Crippen molar-refractivity contribution in [1.29, 1.82) is 0 Å². The van der Waals surface area contributed by atoms with E-state index in [0.29, 0.717) is 31.7 Å². The molecular formula is C21H26N2O4S. The number of nitrogens with zero attached hydrogens (tertiary/aromatic N) is 2. The van der Waals surface area contributed by atoms with E-state index in [2.05, 4.69) is 0 Å². The number of sulfonamides is 1. The largest absolute Gasteiger partial charge is 0.494 e. The Bertz CT molecular complexity index is 898. The van der Waals surface area contributed by atoms with E-state index in [-0.39, 0.29) is 23.3 Å². The van der Waals surface area contributed by atoms with Crippen LogP contribution in [0.15, 0.2) is 59.5 Å². The quantitative estimate of drug-likeness (QED) is 0.744. The molecule has 7 heteroatoms. The minimum Gasteiger partial charge on any atom is -0.494 e. The summed E-state index contributed by atoms with van der Waals surface area (Å²) in [4.78, 5) is 14.7. The van der Waals surface area contributed by atoms with Gasteiger partial charge in [0.05, 0.1) is 17.4 Å². The lowest BCUT2D eigenvalue weighted by molar-refractivity contribution is -0.123. The summed E-state index contributed by atoms with van der Waals surface area (Å²) >= 11 is 0. The SMILES string of the molecule is CCOc1ccc(S(=O)(=O)N2CCC[C@@H](C(=O)N(C)c3ccccc3)C2)cc1. The van der Waals surface area contributed by atoms with Gasteiger partial charge in [-0.15, -0.1) is 0 Å². The molecule has 1 aliphatic rings. The van der Waals surface area contributed by atoms with Crippen LogP contribution in [0.25, 0.3) is 0 Å². The fourth-order valence-electron chi connectivity index (χ4n) is 3.44. The molecule has 2 aromatic carbocycles. The number of rotatable bonds is 6. The summed E-state index contributed by atoms with van der Waals surface area (Å²) in [5, 5.41) is 0. The second kappa shape index (κ2) is 8.75. The number of benzene rings is 2. The second-order valence-electron chi connectivity index (χ2n) is 6.84. The topological polar surface area (TPSA) is 66.9 Å². The molecule has 1 saturated heterocycles. The maximum Gasteiger partial charge on any atom is 0.243 e. The summed E-state index contributed by atoms with van der Waals surface area (Å²) in [5.41, 5.74) is 0.805. The predicted molar refractivity (Wildman–Crippen MR) is 109 cm³/mol. The first kappa shape index (κ1) is 20.4. The third kappa shape index (κ3) is 4.36. The molecule has 1 aliphatic heterocycles. The van der Waals surface area contributed by atoms with E-state index in [1.165, 1.54) is 4.31 Å². The van der Waals surface area contributed by atoms with E-state index in [9.17, 15) is 13.2 Å². The summed E-state index contributed by atoms with van der Waals surface area (Å²) in [6, 6.07) is 15.8. The van der Waals surface area contributed by atoms with Crippen molar-refractivity contribution >= 4 is 21.6 Å². The van der Waals surface area contributed by atoms with Crippen molar-refractivity contribution in [3.63, 3.8) is 0 Å². The number of para-hydroxylation sites is 1. The van der Waals surface area contributed by atoms with Gasteiger partial charge in [-0.3, -0.25) is 4.79 Å². The predicted octanol–water partition coefficient (Wildman–Crippen LogP) is 3.15. The van der Waals surface area contributed by atoms with Crippen LogP contribution in [0.5, 0.6) is 5.75 Å². The number of hydrogen-bond donors (Lipinski definition) is 0. The molecule has 1 fully saturated rings. The zero-order valence-corrected chi connectivity index (χ0v) is 17.1. The number of amides is 1. The minimum atomic E-state index is -3.64. The van der Waals surface area contributed by atoms with Gasteiger partial charge >= 0.3 is 0 Å². The summed E-state index contributed by atoms with van der Waals surface area (Å²) in [5.74, 6) is 0.229. The van der Waals surface area contributed by atoms with Crippen molar-refractivity contribution < 1.29 is 17.9 Å². The lowest BCUT2D eigenvalue weighted by Crippen LogP contribution is -2.45. The van der Waals surface area contributed by atoms with Crippen molar-refractivity contribution in [2.24, 2.45) is 5.92 Å². The van der Waals surface area contributed by atoms with E-state index >= 15 is 0 Å². The fourth-order valence-corrected chi connectivity index (χ4v) is 4.96. The highest BCUT2D eigenvalue weighted by Crippen LogP contribution is 2.27. The number of hydrogen-bond acceptors (Lipinski definition) is 4. The van der Waals surface area contributed by atoms with Crippen molar-refractivity contribution in [2.45, 2.75) is 24.7 Å². The van der Waals surface area contributed by atoms with E-state index in [0.717, 1.165) is 5.69 Å². The molecule has 0 spiro atoms. The van der Waals surface area contributed by atoms with Gasteiger partial charge in [0, 0.05) is 25.8 Å². The Kier molecular flexibility index (Phi) is 6.36. The molecule has 0 bridgehead atoms. The molecule has 1 heterocycles.